The van der Waals surface area contributed by atoms with Gasteiger partial charge in [-0.1, -0.05) is 55.8 Å². The number of benzene rings is 3. The summed E-state index contributed by atoms with van der Waals surface area (Å²) in [5, 5.41) is 2.84. The van der Waals surface area contributed by atoms with Gasteiger partial charge in [0.2, 0.25) is 5.91 Å². The van der Waals surface area contributed by atoms with Crippen LogP contribution >= 0.6 is 0 Å². The maximum Gasteiger partial charge on any atom is 0.264 e. The molecule has 0 fully saturated rings. The summed E-state index contributed by atoms with van der Waals surface area (Å²) in [7, 11) is -3.94. The lowest BCUT2D eigenvalue weighted by Crippen LogP contribution is -2.40. The molecule has 0 heterocycles. The Kier molecular flexibility index (Phi) is 8.57. The Hall–Kier alpha value is -3.32. The molecule has 0 bridgehead atoms. The summed E-state index contributed by atoms with van der Waals surface area (Å²) in [6.45, 7) is 9.92. The van der Waals surface area contributed by atoms with E-state index in [1.807, 2.05) is 57.2 Å². The Labute approximate surface area is 209 Å². The Morgan fingerprint density at radius 3 is 2.03 bits per heavy atom. The van der Waals surface area contributed by atoms with Crippen LogP contribution in [0.25, 0.3) is 0 Å². The average Bonchev–Trinajstić information content (AvgIpc) is 2.82. The van der Waals surface area contributed by atoms with E-state index in [1.165, 1.54) is 0 Å². The zero-order valence-electron chi connectivity index (χ0n) is 21.0. The molecule has 6 nitrogen and oxygen atoms in total. The Morgan fingerprint density at radius 2 is 1.49 bits per heavy atom. The van der Waals surface area contributed by atoms with Gasteiger partial charge < -0.3 is 10.1 Å². The number of anilines is 1. The molecule has 1 N–H and O–H groups in total. The van der Waals surface area contributed by atoms with Crippen molar-refractivity contribution in [3.63, 3.8) is 0 Å². The fourth-order valence-corrected chi connectivity index (χ4v) is 4.94. The van der Waals surface area contributed by atoms with Gasteiger partial charge in [0.25, 0.3) is 10.0 Å². The van der Waals surface area contributed by atoms with E-state index in [0.29, 0.717) is 11.6 Å². The predicted molar refractivity (Wildman–Crippen MR) is 140 cm³/mol. The van der Waals surface area contributed by atoms with E-state index in [0.717, 1.165) is 26.7 Å². The van der Waals surface area contributed by atoms with Crippen molar-refractivity contribution < 1.29 is 17.9 Å². The van der Waals surface area contributed by atoms with E-state index in [4.69, 9.17) is 4.74 Å². The van der Waals surface area contributed by atoms with E-state index in [1.54, 1.807) is 36.4 Å². The number of hydrogen-bond donors (Lipinski definition) is 1. The molecule has 35 heavy (non-hydrogen) atoms. The third-order valence-electron chi connectivity index (χ3n) is 5.53. The van der Waals surface area contributed by atoms with Crippen LogP contribution in [0.1, 0.15) is 50.3 Å². The summed E-state index contributed by atoms with van der Waals surface area (Å²) >= 11 is 0. The molecule has 0 spiro atoms. The van der Waals surface area contributed by atoms with Crippen LogP contribution in [0.2, 0.25) is 0 Å². The standard InChI is InChI=1S/C28H34N2O4S/c1-20(2)24-10-12-25(13-11-24)30(35(32,33)27-16-6-22(5)7-17-27)19-28(31)29-18-23-8-14-26(15-9-23)34-21(3)4/h6-17,20-21H,18-19H2,1-5H3,(H,29,31). The summed E-state index contributed by atoms with van der Waals surface area (Å²) in [5.41, 5.74) is 3.39. The number of carbonyl (C=O) groups excluding carboxylic acids is 1. The molecule has 0 atom stereocenters. The number of hydrogen-bond acceptors (Lipinski definition) is 4. The summed E-state index contributed by atoms with van der Waals surface area (Å²) in [5.74, 6) is 0.679. The SMILES string of the molecule is Cc1ccc(S(=O)(=O)N(CC(=O)NCc2ccc(OC(C)C)cc2)c2ccc(C(C)C)cc2)cc1. The van der Waals surface area contributed by atoms with Crippen LogP contribution in [0.4, 0.5) is 5.69 Å². The lowest BCUT2D eigenvalue weighted by atomic mass is 10.0. The van der Waals surface area contributed by atoms with E-state index in [2.05, 4.69) is 19.2 Å². The van der Waals surface area contributed by atoms with Crippen molar-refractivity contribution in [3.05, 3.63) is 89.5 Å². The summed E-state index contributed by atoms with van der Waals surface area (Å²) in [4.78, 5) is 13.0. The quantitative estimate of drug-likeness (QED) is 0.408. The summed E-state index contributed by atoms with van der Waals surface area (Å²) in [6.07, 6.45) is 0.0802. The van der Waals surface area contributed by atoms with Crippen molar-refractivity contribution in [2.75, 3.05) is 10.8 Å². The van der Waals surface area contributed by atoms with Gasteiger partial charge in [-0.25, -0.2) is 8.42 Å². The number of nitrogens with one attached hydrogen (secondary N) is 1. The Balaban J connectivity index is 1.79. The van der Waals surface area contributed by atoms with Gasteiger partial charge >= 0.3 is 0 Å². The molecule has 3 rings (SSSR count). The first-order chi connectivity index (χ1) is 16.6. The van der Waals surface area contributed by atoms with Gasteiger partial charge in [-0.3, -0.25) is 9.10 Å². The highest BCUT2D eigenvalue weighted by molar-refractivity contribution is 7.92. The maximum absolute atomic E-state index is 13.5. The molecule has 0 saturated carbocycles. The van der Waals surface area contributed by atoms with Gasteiger partial charge in [-0.05, 0) is 74.2 Å². The Bertz CT molecular complexity index is 1220. The minimum Gasteiger partial charge on any atom is -0.491 e. The highest BCUT2D eigenvalue weighted by Gasteiger charge is 2.27. The van der Waals surface area contributed by atoms with E-state index in [-0.39, 0.29) is 24.1 Å². The maximum atomic E-state index is 13.5. The lowest BCUT2D eigenvalue weighted by Gasteiger charge is -2.24. The molecule has 0 unspecified atom stereocenters. The molecule has 0 aliphatic heterocycles. The highest BCUT2D eigenvalue weighted by Crippen LogP contribution is 2.26. The van der Waals surface area contributed by atoms with Crippen LogP contribution < -0.4 is 14.4 Å². The zero-order chi connectivity index (χ0) is 25.6. The van der Waals surface area contributed by atoms with Crippen molar-refractivity contribution in [2.45, 2.75) is 58.1 Å². The minimum absolute atomic E-state index is 0.0802. The summed E-state index contributed by atoms with van der Waals surface area (Å²) in [6, 6.07) is 21.4. The second-order valence-corrected chi connectivity index (χ2v) is 11.0. The van der Waals surface area contributed by atoms with Gasteiger partial charge in [0.15, 0.2) is 0 Å². The summed E-state index contributed by atoms with van der Waals surface area (Å²) < 4.78 is 33.9. The molecule has 3 aromatic carbocycles. The molecule has 7 heteroatoms. The van der Waals surface area contributed by atoms with Crippen LogP contribution in [0.15, 0.2) is 77.7 Å². The van der Waals surface area contributed by atoms with Crippen molar-refractivity contribution in [2.24, 2.45) is 0 Å². The minimum atomic E-state index is -3.94. The van der Waals surface area contributed by atoms with Crippen LogP contribution in [-0.4, -0.2) is 27.0 Å². The molecule has 0 aromatic heterocycles. The molecule has 1 amide bonds. The fourth-order valence-electron chi connectivity index (χ4n) is 3.52. The Morgan fingerprint density at radius 1 is 0.886 bits per heavy atom. The van der Waals surface area contributed by atoms with Crippen LogP contribution in [0, 0.1) is 6.92 Å². The van der Waals surface area contributed by atoms with Crippen molar-refractivity contribution in [1.29, 1.82) is 0 Å². The van der Waals surface area contributed by atoms with Gasteiger partial charge in [-0.2, -0.15) is 0 Å². The number of nitrogens with zero attached hydrogens (tertiary/aromatic N) is 1. The largest absolute Gasteiger partial charge is 0.491 e. The van der Waals surface area contributed by atoms with Crippen LogP contribution in [0.3, 0.4) is 0 Å². The van der Waals surface area contributed by atoms with Gasteiger partial charge in [0.05, 0.1) is 16.7 Å². The zero-order valence-corrected chi connectivity index (χ0v) is 21.8. The molecular weight excluding hydrogens is 460 g/mol. The number of ether oxygens (including phenoxy) is 1. The van der Waals surface area contributed by atoms with E-state index < -0.39 is 15.9 Å². The molecule has 0 saturated heterocycles. The normalized spacial score (nSPS) is 11.5. The lowest BCUT2D eigenvalue weighted by molar-refractivity contribution is -0.119. The molecule has 0 aliphatic carbocycles. The van der Waals surface area contributed by atoms with E-state index >= 15 is 0 Å². The average molecular weight is 495 g/mol. The third kappa shape index (κ3) is 7.09. The van der Waals surface area contributed by atoms with Crippen LogP contribution in [0.5, 0.6) is 5.75 Å². The van der Waals surface area contributed by atoms with Gasteiger partial charge in [-0.15, -0.1) is 0 Å². The molecule has 186 valence electrons. The van der Waals surface area contributed by atoms with Gasteiger partial charge in [0.1, 0.15) is 12.3 Å². The third-order valence-corrected chi connectivity index (χ3v) is 7.32. The fraction of sp³-hybridized carbons (Fsp3) is 0.321. The van der Waals surface area contributed by atoms with Crippen molar-refractivity contribution in [1.82, 2.24) is 5.32 Å². The smallest absolute Gasteiger partial charge is 0.264 e. The van der Waals surface area contributed by atoms with E-state index in [9.17, 15) is 13.2 Å². The monoisotopic (exact) mass is 494 g/mol. The first kappa shape index (κ1) is 26.3. The number of aryl methyl sites for hydroxylation is 1. The number of carbonyl (C=O) groups is 1. The second kappa shape index (κ2) is 11.4. The number of rotatable bonds is 10. The first-order valence-corrected chi connectivity index (χ1v) is 13.2. The number of sulfonamides is 1. The molecule has 0 radical (unpaired) electrons. The van der Waals surface area contributed by atoms with Gasteiger partial charge in [0, 0.05) is 6.54 Å². The van der Waals surface area contributed by atoms with Crippen molar-refractivity contribution >= 4 is 21.6 Å². The first-order valence-electron chi connectivity index (χ1n) is 11.8. The molecule has 0 aliphatic rings. The second-order valence-electron chi connectivity index (χ2n) is 9.16. The highest BCUT2D eigenvalue weighted by atomic mass is 32.2. The molecule has 3 aromatic rings. The van der Waals surface area contributed by atoms with Crippen LogP contribution in [-0.2, 0) is 21.4 Å². The predicted octanol–water partition coefficient (Wildman–Crippen LogP) is 5.42. The number of amides is 1. The van der Waals surface area contributed by atoms with Crippen molar-refractivity contribution in [3.8, 4) is 5.75 Å². The molecular formula is C28H34N2O4S. The topological polar surface area (TPSA) is 75.7 Å².